The first-order chi connectivity index (χ1) is 12.3. The first-order valence-electron chi connectivity index (χ1n) is 8.08. The van der Waals surface area contributed by atoms with E-state index in [1.807, 2.05) is 6.07 Å². The standard InChI is InChI=1S/C19H13F3O4/c20-19(21,22)26-18(24)11-4-5-13-12(6-11)9-25-17-8-14-10(7-15(13)17)2-1-3-16(14)23/h4-8H,1-3,9H2. The van der Waals surface area contributed by atoms with Crippen molar-refractivity contribution in [3.05, 3.63) is 52.6 Å². The van der Waals surface area contributed by atoms with E-state index in [4.69, 9.17) is 4.74 Å². The smallest absolute Gasteiger partial charge is 0.488 e. The quantitative estimate of drug-likeness (QED) is 0.704. The van der Waals surface area contributed by atoms with Crippen LogP contribution in [0, 0.1) is 0 Å². The predicted octanol–water partition coefficient (Wildman–Crippen LogP) is 4.44. The number of hydrogen-bond donors (Lipinski definition) is 0. The molecule has 0 atom stereocenters. The minimum atomic E-state index is -5.03. The van der Waals surface area contributed by atoms with Gasteiger partial charge in [0.05, 0.1) is 5.56 Å². The van der Waals surface area contributed by atoms with Gasteiger partial charge in [0.25, 0.3) is 0 Å². The van der Waals surface area contributed by atoms with Crippen LogP contribution >= 0.6 is 0 Å². The van der Waals surface area contributed by atoms with Crippen molar-refractivity contribution in [2.24, 2.45) is 0 Å². The van der Waals surface area contributed by atoms with Crippen LogP contribution in [0.25, 0.3) is 11.1 Å². The number of Topliss-reactive ketones (excluding diaryl/α,β-unsaturated/α-hetero) is 1. The molecule has 1 heterocycles. The van der Waals surface area contributed by atoms with E-state index in [0.717, 1.165) is 29.5 Å². The molecule has 2 aromatic rings. The lowest BCUT2D eigenvalue weighted by Crippen LogP contribution is -2.20. The van der Waals surface area contributed by atoms with Gasteiger partial charge in [-0.3, -0.25) is 4.79 Å². The Kier molecular flexibility index (Phi) is 3.75. The van der Waals surface area contributed by atoms with Crippen LogP contribution in [0.15, 0.2) is 30.3 Å². The molecule has 0 unspecified atom stereocenters. The summed E-state index contributed by atoms with van der Waals surface area (Å²) in [6, 6.07) is 7.86. The summed E-state index contributed by atoms with van der Waals surface area (Å²) in [5, 5.41) is 0. The Hall–Kier alpha value is -2.83. The molecule has 1 aliphatic heterocycles. The summed E-state index contributed by atoms with van der Waals surface area (Å²) in [5.41, 5.74) is 3.56. The number of esters is 1. The van der Waals surface area contributed by atoms with Gasteiger partial charge in [0.15, 0.2) is 5.78 Å². The average molecular weight is 362 g/mol. The zero-order valence-corrected chi connectivity index (χ0v) is 13.5. The van der Waals surface area contributed by atoms with Crippen molar-refractivity contribution in [1.29, 1.82) is 0 Å². The molecule has 2 aliphatic rings. The fourth-order valence-corrected chi connectivity index (χ4v) is 3.42. The highest BCUT2D eigenvalue weighted by atomic mass is 19.4. The van der Waals surface area contributed by atoms with Gasteiger partial charge in [0, 0.05) is 17.5 Å². The Morgan fingerprint density at radius 2 is 1.81 bits per heavy atom. The molecule has 2 aromatic carbocycles. The molecular weight excluding hydrogens is 349 g/mol. The summed E-state index contributed by atoms with van der Waals surface area (Å²) in [4.78, 5) is 23.7. The van der Waals surface area contributed by atoms with Crippen LogP contribution in [0.3, 0.4) is 0 Å². The van der Waals surface area contributed by atoms with Gasteiger partial charge in [-0.2, -0.15) is 0 Å². The van der Waals surface area contributed by atoms with Gasteiger partial charge >= 0.3 is 12.3 Å². The molecular formula is C19H13F3O4. The van der Waals surface area contributed by atoms with Crippen molar-refractivity contribution >= 4 is 11.8 Å². The van der Waals surface area contributed by atoms with E-state index in [1.54, 1.807) is 12.1 Å². The largest absolute Gasteiger partial charge is 0.575 e. The molecule has 0 bridgehead atoms. The second-order valence-electron chi connectivity index (χ2n) is 6.28. The van der Waals surface area contributed by atoms with Crippen LogP contribution in [0.4, 0.5) is 13.2 Å². The minimum Gasteiger partial charge on any atom is -0.488 e. The molecule has 4 rings (SSSR count). The Labute approximate surface area is 146 Å². The summed E-state index contributed by atoms with van der Waals surface area (Å²) in [7, 11) is 0. The lowest BCUT2D eigenvalue weighted by atomic mass is 9.86. The highest BCUT2D eigenvalue weighted by Crippen LogP contribution is 2.41. The highest BCUT2D eigenvalue weighted by Gasteiger charge is 2.35. The molecule has 0 spiro atoms. The third-order valence-corrected chi connectivity index (χ3v) is 4.58. The molecule has 1 aliphatic carbocycles. The number of benzene rings is 2. The molecule has 0 amide bonds. The van der Waals surface area contributed by atoms with Crippen molar-refractivity contribution < 1.29 is 32.2 Å². The number of carbonyl (C=O) groups excluding carboxylic acids is 2. The van der Waals surface area contributed by atoms with E-state index in [0.29, 0.717) is 23.3 Å². The van der Waals surface area contributed by atoms with E-state index in [9.17, 15) is 22.8 Å². The summed E-state index contributed by atoms with van der Waals surface area (Å²) < 4.78 is 45.8. The second kappa shape index (κ2) is 5.86. The topological polar surface area (TPSA) is 52.6 Å². The lowest BCUT2D eigenvalue weighted by Gasteiger charge is -2.25. The number of carbonyl (C=O) groups is 2. The average Bonchev–Trinajstić information content (AvgIpc) is 2.58. The molecule has 26 heavy (non-hydrogen) atoms. The van der Waals surface area contributed by atoms with E-state index in [1.165, 1.54) is 12.1 Å². The van der Waals surface area contributed by atoms with Crippen LogP contribution in [0.2, 0.25) is 0 Å². The first-order valence-corrected chi connectivity index (χ1v) is 8.08. The molecule has 134 valence electrons. The van der Waals surface area contributed by atoms with Gasteiger partial charge in [-0.25, -0.2) is 4.79 Å². The maximum absolute atomic E-state index is 12.2. The summed E-state index contributed by atoms with van der Waals surface area (Å²) >= 11 is 0. The zero-order valence-electron chi connectivity index (χ0n) is 13.5. The Morgan fingerprint density at radius 1 is 1.00 bits per heavy atom. The van der Waals surface area contributed by atoms with Gasteiger partial charge in [-0.05, 0) is 53.8 Å². The summed E-state index contributed by atoms with van der Waals surface area (Å²) in [5.74, 6) is -0.798. The van der Waals surface area contributed by atoms with Crippen molar-refractivity contribution in [2.45, 2.75) is 32.2 Å². The van der Waals surface area contributed by atoms with E-state index >= 15 is 0 Å². The maximum atomic E-state index is 12.2. The van der Waals surface area contributed by atoms with E-state index < -0.39 is 12.3 Å². The third kappa shape index (κ3) is 2.94. The maximum Gasteiger partial charge on any atom is 0.575 e. The van der Waals surface area contributed by atoms with Crippen molar-refractivity contribution in [3.8, 4) is 16.9 Å². The molecule has 4 nitrogen and oxygen atoms in total. The Bertz CT molecular complexity index is 931. The van der Waals surface area contributed by atoms with Gasteiger partial charge < -0.3 is 9.47 Å². The molecule has 0 saturated carbocycles. The SMILES string of the molecule is O=C(OC(F)(F)F)c1ccc2c(c1)COc1cc3c(cc1-2)CCCC3=O. The number of fused-ring (bicyclic) bond motifs is 4. The minimum absolute atomic E-state index is 0.0914. The monoisotopic (exact) mass is 362 g/mol. The third-order valence-electron chi connectivity index (χ3n) is 4.58. The van der Waals surface area contributed by atoms with Crippen LogP contribution in [-0.2, 0) is 17.8 Å². The van der Waals surface area contributed by atoms with Crippen molar-refractivity contribution in [3.63, 3.8) is 0 Å². The zero-order chi connectivity index (χ0) is 18.5. The van der Waals surface area contributed by atoms with E-state index in [-0.39, 0.29) is 18.0 Å². The molecule has 0 radical (unpaired) electrons. The number of aryl methyl sites for hydroxylation is 1. The van der Waals surface area contributed by atoms with Crippen molar-refractivity contribution in [2.75, 3.05) is 0 Å². The van der Waals surface area contributed by atoms with Gasteiger partial charge in [-0.15, -0.1) is 13.2 Å². The highest BCUT2D eigenvalue weighted by molar-refractivity contribution is 6.00. The Balaban J connectivity index is 1.72. The van der Waals surface area contributed by atoms with E-state index in [2.05, 4.69) is 4.74 Å². The fraction of sp³-hybridized carbons (Fsp3) is 0.263. The van der Waals surface area contributed by atoms with Crippen LogP contribution in [-0.4, -0.2) is 18.1 Å². The molecule has 0 saturated heterocycles. The molecule has 0 aromatic heterocycles. The molecule has 0 fully saturated rings. The number of hydrogen-bond acceptors (Lipinski definition) is 4. The number of halogens is 3. The predicted molar refractivity (Wildman–Crippen MR) is 84.9 cm³/mol. The number of ketones is 1. The number of alkyl halides is 3. The van der Waals surface area contributed by atoms with Gasteiger partial charge in [-0.1, -0.05) is 6.07 Å². The fourth-order valence-electron chi connectivity index (χ4n) is 3.42. The van der Waals surface area contributed by atoms with Gasteiger partial charge in [0.2, 0.25) is 0 Å². The van der Waals surface area contributed by atoms with Crippen molar-refractivity contribution in [1.82, 2.24) is 0 Å². The normalized spacial score (nSPS) is 15.4. The second-order valence-corrected chi connectivity index (χ2v) is 6.28. The Morgan fingerprint density at radius 3 is 2.58 bits per heavy atom. The van der Waals surface area contributed by atoms with Crippen LogP contribution in [0.5, 0.6) is 5.75 Å². The summed E-state index contributed by atoms with van der Waals surface area (Å²) in [6.45, 7) is 0.0997. The van der Waals surface area contributed by atoms with Gasteiger partial charge in [0.1, 0.15) is 12.4 Å². The first kappa shape index (κ1) is 16.6. The van der Waals surface area contributed by atoms with Crippen LogP contribution < -0.4 is 4.74 Å². The molecule has 0 N–H and O–H groups in total. The summed E-state index contributed by atoms with van der Waals surface area (Å²) in [6.07, 6.45) is -2.92. The molecule has 7 heteroatoms. The number of ether oxygens (including phenoxy) is 2. The van der Waals surface area contributed by atoms with Crippen LogP contribution in [0.1, 0.15) is 44.7 Å². The number of rotatable bonds is 1. The lowest BCUT2D eigenvalue weighted by molar-refractivity contribution is -0.291.